The molecule has 0 radical (unpaired) electrons. The van der Waals surface area contributed by atoms with Crippen molar-refractivity contribution in [1.29, 1.82) is 0 Å². The van der Waals surface area contributed by atoms with Crippen LogP contribution in [0.2, 0.25) is 0 Å². The molecule has 0 unspecified atom stereocenters. The highest BCUT2D eigenvalue weighted by atomic mass is 32.2. The van der Waals surface area contributed by atoms with Crippen molar-refractivity contribution in [2.24, 2.45) is 5.92 Å². The van der Waals surface area contributed by atoms with Crippen molar-refractivity contribution in [2.75, 3.05) is 25.9 Å². The molecule has 92 valence electrons. The van der Waals surface area contributed by atoms with Crippen LogP contribution in [0.1, 0.15) is 32.1 Å². The van der Waals surface area contributed by atoms with E-state index in [4.69, 9.17) is 0 Å². The number of nitrogens with one attached hydrogen (secondary N) is 2. The minimum Gasteiger partial charge on any atom is -0.354 e. The molecule has 0 aromatic rings. The van der Waals surface area contributed by atoms with Gasteiger partial charge >= 0.3 is 0 Å². The third kappa shape index (κ3) is 3.39. The molecule has 2 rings (SSSR count). The molecule has 2 aliphatic carbocycles. The lowest BCUT2D eigenvalue weighted by molar-refractivity contribution is -0.120. The molecule has 3 nitrogen and oxygen atoms in total. The summed E-state index contributed by atoms with van der Waals surface area (Å²) in [6.45, 7) is 2.35. The van der Waals surface area contributed by atoms with E-state index in [1.54, 1.807) is 0 Å². The van der Waals surface area contributed by atoms with Crippen LogP contribution in [-0.2, 0) is 4.79 Å². The lowest BCUT2D eigenvalue weighted by Crippen LogP contribution is -2.47. The van der Waals surface area contributed by atoms with E-state index in [1.807, 2.05) is 11.8 Å². The van der Waals surface area contributed by atoms with Crippen LogP contribution in [0.25, 0.3) is 0 Å². The van der Waals surface area contributed by atoms with Gasteiger partial charge in [-0.1, -0.05) is 6.42 Å². The first-order valence-electron chi connectivity index (χ1n) is 6.27. The first-order valence-corrected chi connectivity index (χ1v) is 7.49. The van der Waals surface area contributed by atoms with Gasteiger partial charge in [-0.2, -0.15) is 11.8 Å². The molecular formula is C12H22N2OS. The molecular weight excluding hydrogens is 220 g/mol. The third-order valence-electron chi connectivity index (χ3n) is 3.72. The topological polar surface area (TPSA) is 41.1 Å². The van der Waals surface area contributed by atoms with Gasteiger partial charge in [0.1, 0.15) is 0 Å². The number of hydrogen-bond donors (Lipinski definition) is 2. The van der Waals surface area contributed by atoms with E-state index in [0.29, 0.717) is 11.3 Å². The van der Waals surface area contributed by atoms with Crippen molar-refractivity contribution >= 4 is 17.7 Å². The van der Waals surface area contributed by atoms with Gasteiger partial charge in [0, 0.05) is 11.3 Å². The minimum atomic E-state index is 0.154. The number of hydrogen-bond acceptors (Lipinski definition) is 3. The van der Waals surface area contributed by atoms with Crippen LogP contribution in [-0.4, -0.2) is 36.5 Å². The van der Waals surface area contributed by atoms with Gasteiger partial charge in [0.2, 0.25) is 5.91 Å². The predicted octanol–water partition coefficient (Wildman–Crippen LogP) is 1.39. The zero-order valence-corrected chi connectivity index (χ0v) is 10.9. The molecule has 1 amide bonds. The Labute approximate surface area is 102 Å². The van der Waals surface area contributed by atoms with Gasteiger partial charge in [-0.25, -0.2) is 0 Å². The average molecular weight is 242 g/mol. The predicted molar refractivity (Wildman–Crippen MR) is 68.7 cm³/mol. The highest BCUT2D eigenvalue weighted by Gasteiger charge is 2.36. The van der Waals surface area contributed by atoms with Gasteiger partial charge < -0.3 is 10.6 Å². The quantitative estimate of drug-likeness (QED) is 0.709. The Kier molecular flexibility index (Phi) is 4.14. The van der Waals surface area contributed by atoms with Crippen LogP contribution in [0.15, 0.2) is 0 Å². The summed E-state index contributed by atoms with van der Waals surface area (Å²) in [5.74, 6) is 0.998. The smallest absolute Gasteiger partial charge is 0.234 e. The Hall–Kier alpha value is -0.220. The summed E-state index contributed by atoms with van der Waals surface area (Å²) in [6, 6.07) is 0. The minimum absolute atomic E-state index is 0.154. The molecule has 2 aliphatic rings. The van der Waals surface area contributed by atoms with Gasteiger partial charge in [-0.05, 0) is 44.4 Å². The summed E-state index contributed by atoms with van der Waals surface area (Å²) in [5.41, 5.74) is 0. The normalized spacial score (nSPS) is 22.6. The highest BCUT2D eigenvalue weighted by Crippen LogP contribution is 2.42. The fraction of sp³-hybridized carbons (Fsp3) is 0.917. The SMILES string of the molecule is CSC1(CNC(=O)CNCC2CC2)CCC1. The second-order valence-corrected chi connectivity index (χ2v) is 6.37. The molecule has 0 heterocycles. The summed E-state index contributed by atoms with van der Waals surface area (Å²) < 4.78 is 0.353. The molecule has 2 N–H and O–H groups in total. The molecule has 0 aliphatic heterocycles. The van der Waals surface area contributed by atoms with Crippen LogP contribution in [0.4, 0.5) is 0 Å². The van der Waals surface area contributed by atoms with E-state index in [0.717, 1.165) is 19.0 Å². The van der Waals surface area contributed by atoms with Crippen molar-refractivity contribution in [3.05, 3.63) is 0 Å². The molecule has 0 spiro atoms. The zero-order chi connectivity index (χ0) is 11.4. The molecule has 4 heteroatoms. The Bertz CT molecular complexity index is 244. The van der Waals surface area contributed by atoms with Crippen molar-refractivity contribution in [3.8, 4) is 0 Å². The number of carbonyl (C=O) groups excluding carboxylic acids is 1. The standard InChI is InChI=1S/C12H22N2OS/c1-16-12(5-2-6-12)9-14-11(15)8-13-7-10-3-4-10/h10,13H,2-9H2,1H3,(H,14,15). The second kappa shape index (κ2) is 5.41. The van der Waals surface area contributed by atoms with Crippen molar-refractivity contribution < 1.29 is 4.79 Å². The number of amides is 1. The van der Waals surface area contributed by atoms with E-state index in [-0.39, 0.29) is 5.91 Å². The molecule has 0 aromatic carbocycles. The fourth-order valence-electron chi connectivity index (χ4n) is 2.06. The molecule has 0 saturated heterocycles. The summed E-state index contributed by atoms with van der Waals surface area (Å²) in [6.07, 6.45) is 8.65. The van der Waals surface area contributed by atoms with Crippen molar-refractivity contribution in [1.82, 2.24) is 10.6 Å². The number of thioether (sulfide) groups is 1. The van der Waals surface area contributed by atoms with Gasteiger partial charge in [-0.15, -0.1) is 0 Å². The number of carbonyl (C=O) groups is 1. The third-order valence-corrected chi connectivity index (χ3v) is 5.14. The molecule has 0 aromatic heterocycles. The first kappa shape index (κ1) is 12.2. The fourth-order valence-corrected chi connectivity index (χ4v) is 2.97. The van der Waals surface area contributed by atoms with Crippen LogP contribution in [0.3, 0.4) is 0 Å². The molecule has 16 heavy (non-hydrogen) atoms. The summed E-state index contributed by atoms with van der Waals surface area (Å²) >= 11 is 1.90. The molecule has 0 atom stereocenters. The average Bonchev–Trinajstić information content (AvgIpc) is 3.01. The van der Waals surface area contributed by atoms with Crippen LogP contribution in [0, 0.1) is 5.92 Å². The summed E-state index contributed by atoms with van der Waals surface area (Å²) in [7, 11) is 0. The first-order chi connectivity index (χ1) is 7.74. The van der Waals surface area contributed by atoms with Gasteiger partial charge in [0.15, 0.2) is 0 Å². The van der Waals surface area contributed by atoms with E-state index < -0.39 is 0 Å². The Morgan fingerprint density at radius 3 is 2.69 bits per heavy atom. The van der Waals surface area contributed by atoms with Crippen LogP contribution >= 0.6 is 11.8 Å². The Morgan fingerprint density at radius 1 is 1.44 bits per heavy atom. The number of rotatable bonds is 7. The van der Waals surface area contributed by atoms with Crippen LogP contribution < -0.4 is 10.6 Å². The highest BCUT2D eigenvalue weighted by molar-refractivity contribution is 8.00. The van der Waals surface area contributed by atoms with E-state index in [9.17, 15) is 4.79 Å². The maximum Gasteiger partial charge on any atom is 0.234 e. The Balaban J connectivity index is 1.55. The van der Waals surface area contributed by atoms with Crippen LogP contribution in [0.5, 0.6) is 0 Å². The van der Waals surface area contributed by atoms with E-state index in [2.05, 4.69) is 16.9 Å². The van der Waals surface area contributed by atoms with Crippen molar-refractivity contribution in [3.63, 3.8) is 0 Å². The largest absolute Gasteiger partial charge is 0.354 e. The van der Waals surface area contributed by atoms with Gasteiger partial charge in [-0.3, -0.25) is 4.79 Å². The zero-order valence-electron chi connectivity index (χ0n) is 10.1. The maximum atomic E-state index is 11.6. The maximum absolute atomic E-state index is 11.6. The summed E-state index contributed by atoms with van der Waals surface area (Å²) in [5, 5.41) is 6.27. The van der Waals surface area contributed by atoms with E-state index in [1.165, 1.54) is 32.1 Å². The monoisotopic (exact) mass is 242 g/mol. The lowest BCUT2D eigenvalue weighted by Gasteiger charge is -2.40. The molecule has 2 fully saturated rings. The summed E-state index contributed by atoms with van der Waals surface area (Å²) in [4.78, 5) is 11.6. The molecule has 0 bridgehead atoms. The Morgan fingerprint density at radius 2 is 2.19 bits per heavy atom. The van der Waals surface area contributed by atoms with Gasteiger partial charge in [0.25, 0.3) is 0 Å². The lowest BCUT2D eigenvalue weighted by atomic mass is 9.84. The molecule has 2 saturated carbocycles. The van der Waals surface area contributed by atoms with E-state index >= 15 is 0 Å². The second-order valence-electron chi connectivity index (χ2n) is 5.09. The van der Waals surface area contributed by atoms with Crippen molar-refractivity contribution in [2.45, 2.75) is 36.9 Å². The van der Waals surface area contributed by atoms with Gasteiger partial charge in [0.05, 0.1) is 6.54 Å².